The Morgan fingerprint density at radius 1 is 1.19 bits per heavy atom. The lowest BCUT2D eigenvalue weighted by Gasteiger charge is -2.42. The van der Waals surface area contributed by atoms with Gasteiger partial charge in [-0.1, -0.05) is 15.9 Å². The van der Waals surface area contributed by atoms with E-state index in [2.05, 4.69) is 54.3 Å². The molecule has 5 nitrogen and oxygen atoms in total. The van der Waals surface area contributed by atoms with Gasteiger partial charge in [0.1, 0.15) is 5.00 Å². The maximum absolute atomic E-state index is 12.6. The van der Waals surface area contributed by atoms with E-state index in [1.807, 2.05) is 0 Å². The van der Waals surface area contributed by atoms with E-state index in [0.29, 0.717) is 22.5 Å². The van der Waals surface area contributed by atoms with Gasteiger partial charge in [0.2, 0.25) is 0 Å². The van der Waals surface area contributed by atoms with Crippen LogP contribution in [0.5, 0.6) is 0 Å². The predicted octanol–water partition coefficient (Wildman–Crippen LogP) is 4.02. The number of rotatable bonds is 3. The van der Waals surface area contributed by atoms with E-state index in [4.69, 9.17) is 5.73 Å². The van der Waals surface area contributed by atoms with Gasteiger partial charge in [0.25, 0.3) is 11.8 Å². The van der Waals surface area contributed by atoms with Gasteiger partial charge in [-0.3, -0.25) is 9.59 Å². The van der Waals surface area contributed by atoms with E-state index in [1.165, 1.54) is 11.3 Å². The van der Waals surface area contributed by atoms with Crippen molar-refractivity contribution in [2.45, 2.75) is 45.2 Å². The lowest BCUT2D eigenvalue weighted by atomic mass is 9.81. The lowest BCUT2D eigenvalue weighted by Crippen LogP contribution is -2.55. The van der Waals surface area contributed by atoms with E-state index in [0.717, 1.165) is 14.9 Å². The van der Waals surface area contributed by atoms with Gasteiger partial charge in [-0.05, 0) is 63.9 Å². The van der Waals surface area contributed by atoms with Crippen molar-refractivity contribution in [1.82, 2.24) is 5.32 Å². The zero-order valence-electron chi connectivity index (χ0n) is 15.2. The Kier molecular flexibility index (Phi) is 4.75. The zero-order chi connectivity index (χ0) is 19.3. The number of primary amides is 1. The van der Waals surface area contributed by atoms with Crippen LogP contribution in [-0.4, -0.2) is 17.4 Å². The minimum Gasteiger partial charge on any atom is -0.365 e. The van der Waals surface area contributed by atoms with Crippen molar-refractivity contribution >= 4 is 44.1 Å². The molecule has 0 fully saturated rings. The van der Waals surface area contributed by atoms with Crippen LogP contribution in [0.1, 0.15) is 58.9 Å². The molecule has 1 aromatic carbocycles. The number of fused-ring (bicyclic) bond motifs is 1. The summed E-state index contributed by atoms with van der Waals surface area (Å²) in [4.78, 5) is 25.8. The maximum atomic E-state index is 12.6. The van der Waals surface area contributed by atoms with Gasteiger partial charge in [0.15, 0.2) is 0 Å². The predicted molar refractivity (Wildman–Crippen MR) is 109 cm³/mol. The van der Waals surface area contributed by atoms with Crippen molar-refractivity contribution in [3.8, 4) is 0 Å². The Bertz CT molecular complexity index is 885. The van der Waals surface area contributed by atoms with Crippen molar-refractivity contribution in [1.29, 1.82) is 0 Å². The maximum Gasteiger partial charge on any atom is 0.256 e. The first kappa shape index (κ1) is 19.1. The molecule has 0 atom stereocenters. The Morgan fingerprint density at radius 3 is 2.38 bits per heavy atom. The third kappa shape index (κ3) is 3.56. The molecule has 26 heavy (non-hydrogen) atoms. The van der Waals surface area contributed by atoms with Crippen molar-refractivity contribution in [3.05, 3.63) is 50.3 Å². The molecule has 4 N–H and O–H groups in total. The third-order valence-electron chi connectivity index (χ3n) is 4.42. The smallest absolute Gasteiger partial charge is 0.256 e. The van der Waals surface area contributed by atoms with Crippen molar-refractivity contribution in [2.75, 3.05) is 5.32 Å². The second kappa shape index (κ2) is 6.48. The highest BCUT2D eigenvalue weighted by Gasteiger charge is 2.41. The van der Waals surface area contributed by atoms with Crippen LogP contribution in [0, 0.1) is 0 Å². The first-order chi connectivity index (χ1) is 12.0. The van der Waals surface area contributed by atoms with Gasteiger partial charge < -0.3 is 16.4 Å². The van der Waals surface area contributed by atoms with Crippen LogP contribution >= 0.6 is 27.3 Å². The summed E-state index contributed by atoms with van der Waals surface area (Å²) in [5.41, 5.74) is 7.08. The summed E-state index contributed by atoms with van der Waals surface area (Å²) in [7, 11) is 0. The number of nitrogens with one attached hydrogen (secondary N) is 2. The fraction of sp³-hybridized carbons (Fsp3) is 0.368. The molecule has 0 unspecified atom stereocenters. The summed E-state index contributed by atoms with van der Waals surface area (Å²) in [6.45, 7) is 8.35. The zero-order valence-corrected chi connectivity index (χ0v) is 17.6. The first-order valence-electron chi connectivity index (χ1n) is 8.32. The van der Waals surface area contributed by atoms with Crippen LogP contribution in [0.3, 0.4) is 0 Å². The number of hydrogen-bond donors (Lipinski definition) is 3. The molecule has 0 saturated heterocycles. The molecule has 3 rings (SSSR count). The SMILES string of the molecule is CC1(C)Cc2c(sc(NC(=O)c3ccc(Br)cc3)c2C(N)=O)C(C)(C)N1. The Balaban J connectivity index is 2.03. The summed E-state index contributed by atoms with van der Waals surface area (Å²) >= 11 is 4.78. The van der Waals surface area contributed by atoms with Gasteiger partial charge >= 0.3 is 0 Å². The van der Waals surface area contributed by atoms with Crippen molar-refractivity contribution < 1.29 is 9.59 Å². The molecule has 0 spiro atoms. The topological polar surface area (TPSA) is 84.2 Å². The number of nitrogens with two attached hydrogens (primary N) is 1. The molecule has 1 aliphatic rings. The molecular weight excluding hydrogens is 414 g/mol. The van der Waals surface area contributed by atoms with Crippen LogP contribution in [0.4, 0.5) is 5.00 Å². The molecule has 2 heterocycles. The molecule has 1 aromatic heterocycles. The number of anilines is 1. The monoisotopic (exact) mass is 435 g/mol. The van der Waals surface area contributed by atoms with E-state index >= 15 is 0 Å². The summed E-state index contributed by atoms with van der Waals surface area (Å²) < 4.78 is 0.897. The van der Waals surface area contributed by atoms with Crippen LogP contribution in [0.25, 0.3) is 0 Å². The second-order valence-electron chi connectivity index (χ2n) is 7.75. The number of amides is 2. The fourth-order valence-electron chi connectivity index (χ4n) is 3.65. The molecule has 138 valence electrons. The van der Waals surface area contributed by atoms with Crippen molar-refractivity contribution in [3.63, 3.8) is 0 Å². The number of thiophene rings is 1. The van der Waals surface area contributed by atoms with Crippen LogP contribution in [0.2, 0.25) is 0 Å². The summed E-state index contributed by atoms with van der Waals surface area (Å²) in [6.07, 6.45) is 0.675. The third-order valence-corrected chi connectivity index (χ3v) is 6.42. The van der Waals surface area contributed by atoms with Crippen LogP contribution in [0.15, 0.2) is 28.7 Å². The molecule has 0 radical (unpaired) electrons. The van der Waals surface area contributed by atoms with Gasteiger partial charge in [-0.2, -0.15) is 0 Å². The number of hydrogen-bond acceptors (Lipinski definition) is 4. The normalized spacial score (nSPS) is 17.4. The van der Waals surface area contributed by atoms with E-state index in [-0.39, 0.29) is 17.0 Å². The fourth-order valence-corrected chi connectivity index (χ4v) is 5.19. The highest BCUT2D eigenvalue weighted by molar-refractivity contribution is 9.10. The molecule has 1 aliphatic heterocycles. The minimum atomic E-state index is -0.512. The Morgan fingerprint density at radius 2 is 1.81 bits per heavy atom. The van der Waals surface area contributed by atoms with Crippen LogP contribution < -0.4 is 16.4 Å². The quantitative estimate of drug-likeness (QED) is 0.680. The molecule has 2 amide bonds. The standard InChI is InChI=1S/C19H22BrN3O2S/c1-18(2)9-12-13(15(21)24)17(26-14(12)19(3,4)23-18)22-16(25)10-5-7-11(20)8-6-10/h5-8,23H,9H2,1-4H3,(H2,21,24)(H,22,25). The van der Waals surface area contributed by atoms with Gasteiger partial charge in [-0.25, -0.2) is 0 Å². The number of carbonyl (C=O) groups excluding carboxylic acids is 2. The first-order valence-corrected chi connectivity index (χ1v) is 9.93. The number of carbonyl (C=O) groups is 2. The number of benzene rings is 1. The molecular formula is C19H22BrN3O2S. The molecule has 0 saturated carbocycles. The molecule has 7 heteroatoms. The highest BCUT2D eigenvalue weighted by Crippen LogP contribution is 2.44. The average molecular weight is 436 g/mol. The Labute approximate surface area is 165 Å². The lowest BCUT2D eigenvalue weighted by molar-refractivity contribution is 0.0999. The van der Waals surface area contributed by atoms with Crippen molar-refractivity contribution in [2.24, 2.45) is 5.73 Å². The molecule has 0 aliphatic carbocycles. The van der Waals surface area contributed by atoms with E-state index < -0.39 is 5.91 Å². The van der Waals surface area contributed by atoms with Crippen LogP contribution in [-0.2, 0) is 12.0 Å². The number of halogens is 1. The van der Waals surface area contributed by atoms with Gasteiger partial charge in [0.05, 0.1) is 5.56 Å². The molecule has 2 aromatic rings. The summed E-state index contributed by atoms with van der Waals surface area (Å²) in [5.74, 6) is -0.772. The second-order valence-corrected chi connectivity index (χ2v) is 9.69. The minimum absolute atomic E-state index is 0.172. The van der Waals surface area contributed by atoms with E-state index in [9.17, 15) is 9.59 Å². The van der Waals surface area contributed by atoms with Gasteiger partial charge in [-0.15, -0.1) is 11.3 Å². The highest BCUT2D eigenvalue weighted by atomic mass is 79.9. The van der Waals surface area contributed by atoms with Gasteiger partial charge in [0, 0.05) is 26.0 Å². The molecule has 0 bridgehead atoms. The largest absolute Gasteiger partial charge is 0.365 e. The average Bonchev–Trinajstić information content (AvgIpc) is 2.84. The summed E-state index contributed by atoms with van der Waals surface area (Å²) in [6, 6.07) is 7.06. The Hall–Kier alpha value is -1.70. The summed E-state index contributed by atoms with van der Waals surface area (Å²) in [5, 5.41) is 7.00. The van der Waals surface area contributed by atoms with E-state index in [1.54, 1.807) is 24.3 Å².